The molecule has 2 N–H and O–H groups in total. The number of nitrogens with zero attached hydrogens (tertiary/aromatic N) is 3. The molecule has 0 amide bonds. The molecule has 1 aromatic rings. The summed E-state index contributed by atoms with van der Waals surface area (Å²) < 4.78 is 1.92. The number of fused-ring (bicyclic) bond motifs is 1. The Balaban J connectivity index is 1.48. The minimum atomic E-state index is -0.955. The lowest BCUT2D eigenvalue weighted by Gasteiger charge is -2.44. The van der Waals surface area contributed by atoms with Crippen LogP contribution in [0.15, 0.2) is 41.6 Å². The molecule has 1 aromatic heterocycles. The van der Waals surface area contributed by atoms with Crippen LogP contribution >= 0.6 is 0 Å². The molecule has 0 radical (unpaired) electrons. The number of aromatic nitrogens is 3. The van der Waals surface area contributed by atoms with Gasteiger partial charge >= 0.3 is 0 Å². The largest absolute Gasteiger partial charge is 0.393 e. The van der Waals surface area contributed by atoms with Crippen LogP contribution in [-0.2, 0) is 12.1 Å². The molecule has 1 heterocycles. The zero-order valence-electron chi connectivity index (χ0n) is 20.3. The quantitative estimate of drug-likeness (QED) is 0.652. The summed E-state index contributed by atoms with van der Waals surface area (Å²) >= 11 is 0. The second kappa shape index (κ2) is 8.90. The Morgan fingerprint density at radius 2 is 2.06 bits per heavy atom. The molecule has 3 aliphatic carbocycles. The van der Waals surface area contributed by atoms with E-state index in [1.807, 2.05) is 10.9 Å². The SMILES string of the molecule is C=C1CC[C@H](O)C/C1=C/C=C1\CCC[C@]2(C)[C@@H]([C@H](C)Cn3cc(C(C)(C)O)nn3)CC[C@@H]12. The predicted molar refractivity (Wildman–Crippen MR) is 128 cm³/mol. The van der Waals surface area contributed by atoms with E-state index < -0.39 is 5.60 Å². The molecule has 3 aliphatic rings. The van der Waals surface area contributed by atoms with E-state index in [1.54, 1.807) is 19.4 Å². The third-order valence-corrected chi connectivity index (χ3v) is 8.55. The summed E-state index contributed by atoms with van der Waals surface area (Å²) in [6.45, 7) is 13.4. The van der Waals surface area contributed by atoms with Crippen LogP contribution in [0.4, 0.5) is 0 Å². The molecular weight excluding hydrogens is 398 g/mol. The number of hydrogen-bond acceptors (Lipinski definition) is 4. The summed E-state index contributed by atoms with van der Waals surface area (Å²) in [5, 5.41) is 28.7. The lowest BCUT2D eigenvalue weighted by atomic mass is 9.61. The van der Waals surface area contributed by atoms with Crippen molar-refractivity contribution in [1.82, 2.24) is 15.0 Å². The van der Waals surface area contributed by atoms with Crippen LogP contribution in [0.3, 0.4) is 0 Å². The number of aliphatic hydroxyl groups is 2. The Morgan fingerprint density at radius 1 is 1.28 bits per heavy atom. The molecule has 3 fully saturated rings. The highest BCUT2D eigenvalue weighted by atomic mass is 16.3. The van der Waals surface area contributed by atoms with E-state index >= 15 is 0 Å². The first-order valence-corrected chi connectivity index (χ1v) is 12.5. The lowest BCUT2D eigenvalue weighted by Crippen LogP contribution is -2.37. The van der Waals surface area contributed by atoms with Crippen molar-refractivity contribution in [3.05, 3.63) is 47.3 Å². The molecule has 0 unspecified atom stereocenters. The Hall–Kier alpha value is -1.72. The Kier molecular flexibility index (Phi) is 6.52. The third kappa shape index (κ3) is 4.65. The molecule has 0 saturated heterocycles. The van der Waals surface area contributed by atoms with Crippen LogP contribution in [0, 0.1) is 23.2 Å². The highest BCUT2D eigenvalue weighted by Crippen LogP contribution is 2.59. The molecular formula is C27H41N3O2. The van der Waals surface area contributed by atoms with E-state index in [4.69, 9.17) is 0 Å². The van der Waals surface area contributed by atoms with E-state index in [0.29, 0.717) is 28.9 Å². The van der Waals surface area contributed by atoms with Crippen molar-refractivity contribution in [1.29, 1.82) is 0 Å². The predicted octanol–water partition coefficient (Wildman–Crippen LogP) is 5.31. The van der Waals surface area contributed by atoms with Gasteiger partial charge in [0.25, 0.3) is 0 Å². The molecule has 3 saturated carbocycles. The zero-order valence-corrected chi connectivity index (χ0v) is 20.3. The maximum absolute atomic E-state index is 10.2. The number of hydrogen-bond donors (Lipinski definition) is 2. The highest BCUT2D eigenvalue weighted by Gasteiger charge is 2.50. The van der Waals surface area contributed by atoms with Crippen LogP contribution < -0.4 is 0 Å². The maximum Gasteiger partial charge on any atom is 0.114 e. The summed E-state index contributed by atoms with van der Waals surface area (Å²) in [6.07, 6.45) is 15.1. The van der Waals surface area contributed by atoms with Gasteiger partial charge in [0.1, 0.15) is 11.3 Å². The van der Waals surface area contributed by atoms with E-state index in [-0.39, 0.29) is 6.10 Å². The summed E-state index contributed by atoms with van der Waals surface area (Å²) in [4.78, 5) is 0. The van der Waals surface area contributed by atoms with Crippen LogP contribution in [0.1, 0.15) is 84.8 Å². The monoisotopic (exact) mass is 439 g/mol. The van der Waals surface area contributed by atoms with Gasteiger partial charge in [-0.3, -0.25) is 4.68 Å². The van der Waals surface area contributed by atoms with Gasteiger partial charge in [0.05, 0.1) is 12.3 Å². The highest BCUT2D eigenvalue weighted by molar-refractivity contribution is 5.36. The topological polar surface area (TPSA) is 71.2 Å². The molecule has 0 bridgehead atoms. The van der Waals surface area contributed by atoms with Crippen molar-refractivity contribution in [3.8, 4) is 0 Å². The average molecular weight is 440 g/mol. The summed E-state index contributed by atoms with van der Waals surface area (Å²) in [5.41, 5.74) is 4.03. The van der Waals surface area contributed by atoms with E-state index in [0.717, 1.165) is 25.8 Å². The molecule has 32 heavy (non-hydrogen) atoms. The van der Waals surface area contributed by atoms with Gasteiger partial charge < -0.3 is 10.2 Å². The first kappa shape index (κ1) is 23.4. The average Bonchev–Trinajstić information content (AvgIpc) is 3.32. The third-order valence-electron chi connectivity index (χ3n) is 8.55. The molecule has 4 rings (SSSR count). The fraction of sp³-hybridized carbons (Fsp3) is 0.704. The Morgan fingerprint density at radius 3 is 2.78 bits per heavy atom. The summed E-state index contributed by atoms with van der Waals surface area (Å²) in [7, 11) is 0. The number of rotatable bonds is 5. The molecule has 176 valence electrons. The standard InChI is InChI=1S/C27H41N3O2/c1-18-8-11-22(31)15-21(18)10-9-20-7-6-14-27(5)23(12-13-24(20)27)19(2)16-30-17-25(28-29-30)26(3,4)32/h9-10,17,19,22-24,31-32H,1,6-8,11-16H2,2-5H3/b20-9+,21-10-/t19-,22+,23-,24+,27-/m1/s1. The van der Waals surface area contributed by atoms with Gasteiger partial charge in [-0.15, -0.1) is 5.10 Å². The van der Waals surface area contributed by atoms with Crippen LogP contribution in [0.25, 0.3) is 0 Å². The molecule has 0 spiro atoms. The first-order chi connectivity index (χ1) is 15.1. The zero-order chi connectivity index (χ0) is 23.1. The number of aliphatic hydroxyl groups excluding tert-OH is 1. The smallest absolute Gasteiger partial charge is 0.114 e. The van der Waals surface area contributed by atoms with Gasteiger partial charge in [0, 0.05) is 6.54 Å². The second-order valence-corrected chi connectivity index (χ2v) is 11.4. The molecule has 0 aromatic carbocycles. The first-order valence-electron chi connectivity index (χ1n) is 12.5. The van der Waals surface area contributed by atoms with Crippen LogP contribution in [0.2, 0.25) is 0 Å². The molecule has 5 nitrogen and oxygen atoms in total. The fourth-order valence-corrected chi connectivity index (χ4v) is 6.70. The van der Waals surface area contributed by atoms with Gasteiger partial charge in [0.15, 0.2) is 0 Å². The lowest BCUT2D eigenvalue weighted by molar-refractivity contribution is 0.0735. The fourth-order valence-electron chi connectivity index (χ4n) is 6.70. The van der Waals surface area contributed by atoms with Crippen molar-refractivity contribution in [3.63, 3.8) is 0 Å². The van der Waals surface area contributed by atoms with Gasteiger partial charge in [-0.1, -0.05) is 48.9 Å². The Labute approximate surface area is 193 Å². The van der Waals surface area contributed by atoms with E-state index in [1.165, 1.54) is 43.3 Å². The van der Waals surface area contributed by atoms with Gasteiger partial charge in [0.2, 0.25) is 0 Å². The second-order valence-electron chi connectivity index (χ2n) is 11.4. The van der Waals surface area contributed by atoms with Crippen molar-refractivity contribution in [2.75, 3.05) is 0 Å². The maximum atomic E-state index is 10.2. The number of allylic oxidation sites excluding steroid dienone is 4. The molecule has 0 aliphatic heterocycles. The van der Waals surface area contributed by atoms with E-state index in [9.17, 15) is 10.2 Å². The van der Waals surface area contributed by atoms with E-state index in [2.05, 4.69) is 42.9 Å². The molecule has 5 atom stereocenters. The summed E-state index contributed by atoms with van der Waals surface area (Å²) in [6, 6.07) is 0. The van der Waals surface area contributed by atoms with Crippen molar-refractivity contribution >= 4 is 0 Å². The van der Waals surface area contributed by atoms with Crippen LogP contribution in [0.5, 0.6) is 0 Å². The molecule has 5 heteroatoms. The minimum Gasteiger partial charge on any atom is -0.393 e. The van der Waals surface area contributed by atoms with Crippen molar-refractivity contribution < 1.29 is 10.2 Å². The van der Waals surface area contributed by atoms with Crippen molar-refractivity contribution in [2.24, 2.45) is 23.2 Å². The van der Waals surface area contributed by atoms with Gasteiger partial charge in [-0.05, 0) is 94.0 Å². The van der Waals surface area contributed by atoms with Gasteiger partial charge in [-0.2, -0.15) is 0 Å². The van der Waals surface area contributed by atoms with Crippen molar-refractivity contribution in [2.45, 2.75) is 97.3 Å². The Bertz CT molecular complexity index is 906. The minimum absolute atomic E-state index is 0.216. The van der Waals surface area contributed by atoms with Gasteiger partial charge in [-0.25, -0.2) is 0 Å². The summed E-state index contributed by atoms with van der Waals surface area (Å²) in [5.74, 6) is 1.81. The van der Waals surface area contributed by atoms with Crippen LogP contribution in [-0.4, -0.2) is 31.3 Å². The normalized spacial score (nSPS) is 34.8.